The van der Waals surface area contributed by atoms with E-state index in [1.165, 1.54) is 0 Å². The average molecular weight is 202 g/mol. The molecule has 1 aromatic heterocycles. The predicted molar refractivity (Wildman–Crippen MR) is 60.5 cm³/mol. The molecule has 0 saturated carbocycles. The maximum Gasteiger partial charge on any atom is 0.127 e. The van der Waals surface area contributed by atoms with Crippen molar-refractivity contribution in [1.29, 1.82) is 0 Å². The molecule has 0 amide bonds. The number of fused-ring (bicyclic) bond motifs is 1. The molecule has 0 atom stereocenters. The summed E-state index contributed by atoms with van der Waals surface area (Å²) in [4.78, 5) is 0. The van der Waals surface area contributed by atoms with Gasteiger partial charge in [0.2, 0.25) is 0 Å². The Kier molecular flexibility index (Phi) is 2.79. The summed E-state index contributed by atoms with van der Waals surface area (Å²) in [7, 11) is 0. The first-order valence-electron chi connectivity index (χ1n) is 4.36. The second-order valence-electron chi connectivity index (χ2n) is 2.84. The van der Waals surface area contributed by atoms with Gasteiger partial charge in [-0.1, -0.05) is 42.1 Å². The fourth-order valence-electron chi connectivity index (χ4n) is 1.25. The van der Waals surface area contributed by atoms with Gasteiger partial charge in [-0.3, -0.25) is 0 Å². The van der Waals surface area contributed by atoms with Crippen LogP contribution < -0.4 is 0 Å². The van der Waals surface area contributed by atoms with Crippen LogP contribution in [0.15, 0.2) is 48.1 Å². The highest BCUT2D eigenvalue weighted by Gasteiger charge is 2.01. The molecule has 0 fully saturated rings. The van der Waals surface area contributed by atoms with E-state index < -0.39 is 0 Å². The Balaban J connectivity index is 2.48. The van der Waals surface area contributed by atoms with Gasteiger partial charge in [0.1, 0.15) is 5.03 Å². The number of nitrogens with zero attached hydrogens (tertiary/aromatic N) is 2. The largest absolute Gasteiger partial charge is 0.157 e. The molecule has 0 radical (unpaired) electrons. The van der Waals surface area contributed by atoms with Gasteiger partial charge in [0.15, 0.2) is 0 Å². The van der Waals surface area contributed by atoms with Gasteiger partial charge < -0.3 is 0 Å². The lowest BCUT2D eigenvalue weighted by molar-refractivity contribution is 0.957. The summed E-state index contributed by atoms with van der Waals surface area (Å²) in [6.07, 6.45) is 3.65. The van der Waals surface area contributed by atoms with E-state index in [9.17, 15) is 0 Å². The lowest BCUT2D eigenvalue weighted by atomic mass is 10.2. The van der Waals surface area contributed by atoms with E-state index in [1.807, 2.05) is 24.3 Å². The molecule has 3 heteroatoms. The van der Waals surface area contributed by atoms with Gasteiger partial charge in [-0.25, -0.2) is 0 Å². The summed E-state index contributed by atoms with van der Waals surface area (Å²) in [5.74, 6) is 0.864. The second kappa shape index (κ2) is 4.24. The van der Waals surface area contributed by atoms with Crippen LogP contribution in [-0.2, 0) is 0 Å². The predicted octanol–water partition coefficient (Wildman–Crippen LogP) is 2.91. The maximum atomic E-state index is 4.11. The first kappa shape index (κ1) is 9.21. The maximum absolute atomic E-state index is 4.11. The summed E-state index contributed by atoms with van der Waals surface area (Å²) in [6, 6.07) is 8.13. The molecule has 0 N–H and O–H groups in total. The van der Waals surface area contributed by atoms with Crippen LogP contribution in [0, 0.1) is 0 Å². The van der Waals surface area contributed by atoms with Gasteiger partial charge in [0.25, 0.3) is 0 Å². The van der Waals surface area contributed by atoms with E-state index in [-0.39, 0.29) is 0 Å². The molecule has 0 saturated heterocycles. The third-order valence-corrected chi connectivity index (χ3v) is 2.85. The number of hydrogen-bond acceptors (Lipinski definition) is 3. The highest BCUT2D eigenvalue weighted by atomic mass is 32.2. The Morgan fingerprint density at radius 3 is 3.07 bits per heavy atom. The molecular formula is C11H10N2S. The average Bonchev–Trinajstić information content (AvgIpc) is 2.26. The minimum Gasteiger partial charge on any atom is -0.157 e. The van der Waals surface area contributed by atoms with Crippen molar-refractivity contribution in [2.45, 2.75) is 5.03 Å². The molecule has 2 rings (SSSR count). The molecule has 0 unspecified atom stereocenters. The normalized spacial score (nSPS) is 10.3. The van der Waals surface area contributed by atoms with Crippen LogP contribution >= 0.6 is 11.8 Å². The van der Waals surface area contributed by atoms with Crippen molar-refractivity contribution >= 4 is 22.5 Å². The van der Waals surface area contributed by atoms with Gasteiger partial charge in [-0.2, -0.15) is 5.10 Å². The van der Waals surface area contributed by atoms with Crippen LogP contribution in [-0.4, -0.2) is 16.0 Å². The molecular weight excluding hydrogens is 192 g/mol. The van der Waals surface area contributed by atoms with Crippen LogP contribution in [0.1, 0.15) is 0 Å². The van der Waals surface area contributed by atoms with E-state index in [2.05, 4.69) is 22.8 Å². The summed E-state index contributed by atoms with van der Waals surface area (Å²) in [6.45, 7) is 3.69. The van der Waals surface area contributed by atoms with Crippen LogP contribution in [0.5, 0.6) is 0 Å². The van der Waals surface area contributed by atoms with E-state index in [4.69, 9.17) is 0 Å². The van der Waals surface area contributed by atoms with Crippen molar-refractivity contribution in [3.63, 3.8) is 0 Å². The van der Waals surface area contributed by atoms with E-state index >= 15 is 0 Å². The molecule has 14 heavy (non-hydrogen) atoms. The molecule has 0 aliphatic heterocycles. The number of thioether (sulfide) groups is 1. The Bertz CT molecular complexity index is 448. The zero-order chi connectivity index (χ0) is 9.80. The Hall–Kier alpha value is -1.35. The van der Waals surface area contributed by atoms with E-state index in [1.54, 1.807) is 18.0 Å². The minimum atomic E-state index is 0.864. The Morgan fingerprint density at radius 1 is 1.36 bits per heavy atom. The van der Waals surface area contributed by atoms with Gasteiger partial charge >= 0.3 is 0 Å². The van der Waals surface area contributed by atoms with Crippen molar-refractivity contribution in [3.8, 4) is 0 Å². The van der Waals surface area contributed by atoms with Gasteiger partial charge in [-0.15, -0.1) is 11.7 Å². The first-order valence-corrected chi connectivity index (χ1v) is 5.34. The molecule has 0 aliphatic rings. The van der Waals surface area contributed by atoms with Crippen LogP contribution in [0.4, 0.5) is 0 Å². The van der Waals surface area contributed by atoms with Crippen molar-refractivity contribution in [2.75, 3.05) is 5.75 Å². The number of aromatic nitrogens is 2. The summed E-state index contributed by atoms with van der Waals surface area (Å²) >= 11 is 1.66. The molecule has 0 bridgehead atoms. The lowest BCUT2D eigenvalue weighted by Crippen LogP contribution is -1.87. The monoisotopic (exact) mass is 202 g/mol. The molecule has 70 valence electrons. The summed E-state index contributed by atoms with van der Waals surface area (Å²) in [5, 5.41) is 11.3. The van der Waals surface area contributed by atoms with Crippen molar-refractivity contribution in [2.24, 2.45) is 0 Å². The number of hydrogen-bond donors (Lipinski definition) is 0. The number of benzene rings is 1. The topological polar surface area (TPSA) is 25.8 Å². The Morgan fingerprint density at radius 2 is 2.21 bits per heavy atom. The SMILES string of the molecule is C=CCSc1nncc2ccccc12. The van der Waals surface area contributed by atoms with Crippen molar-refractivity contribution in [1.82, 2.24) is 10.2 Å². The first-order chi connectivity index (χ1) is 6.92. The zero-order valence-electron chi connectivity index (χ0n) is 7.68. The smallest absolute Gasteiger partial charge is 0.127 e. The van der Waals surface area contributed by atoms with Gasteiger partial charge in [-0.05, 0) is 0 Å². The minimum absolute atomic E-state index is 0.864. The highest BCUT2D eigenvalue weighted by molar-refractivity contribution is 7.99. The van der Waals surface area contributed by atoms with Gasteiger partial charge in [0, 0.05) is 16.5 Å². The highest BCUT2D eigenvalue weighted by Crippen LogP contribution is 2.24. The summed E-state index contributed by atoms with van der Waals surface area (Å²) in [5.41, 5.74) is 0. The van der Waals surface area contributed by atoms with Gasteiger partial charge in [0.05, 0.1) is 6.20 Å². The number of rotatable bonds is 3. The zero-order valence-corrected chi connectivity index (χ0v) is 8.50. The van der Waals surface area contributed by atoms with Crippen molar-refractivity contribution in [3.05, 3.63) is 43.1 Å². The standard InChI is InChI=1S/C11H10N2S/c1-2-7-14-11-10-6-4-3-5-9(10)8-12-13-11/h2-6,8H,1,7H2. The van der Waals surface area contributed by atoms with E-state index in [0.717, 1.165) is 21.6 Å². The lowest BCUT2D eigenvalue weighted by Gasteiger charge is -2.01. The van der Waals surface area contributed by atoms with Crippen LogP contribution in [0.25, 0.3) is 10.8 Å². The molecule has 1 aromatic carbocycles. The molecule has 1 heterocycles. The molecule has 0 aliphatic carbocycles. The quantitative estimate of drug-likeness (QED) is 0.565. The fraction of sp³-hybridized carbons (Fsp3) is 0.0909. The third-order valence-electron chi connectivity index (χ3n) is 1.87. The van der Waals surface area contributed by atoms with E-state index in [0.29, 0.717) is 0 Å². The second-order valence-corrected chi connectivity index (χ2v) is 3.85. The van der Waals surface area contributed by atoms with Crippen molar-refractivity contribution < 1.29 is 0 Å². The molecule has 2 nitrogen and oxygen atoms in total. The fourth-order valence-corrected chi connectivity index (χ4v) is 1.97. The Labute approximate surface area is 87.0 Å². The summed E-state index contributed by atoms with van der Waals surface area (Å²) < 4.78 is 0. The molecule has 0 spiro atoms. The van der Waals surface area contributed by atoms with Crippen LogP contribution in [0.2, 0.25) is 0 Å². The van der Waals surface area contributed by atoms with Crippen LogP contribution in [0.3, 0.4) is 0 Å². The molecule has 2 aromatic rings. The third kappa shape index (κ3) is 1.77.